The van der Waals surface area contributed by atoms with Crippen molar-refractivity contribution in [1.29, 1.82) is 0 Å². The van der Waals surface area contributed by atoms with Gasteiger partial charge in [-0.15, -0.1) is 0 Å². The number of benzene rings is 4. The number of nitrogens with zero attached hydrogens (tertiary/aromatic N) is 10. The van der Waals surface area contributed by atoms with Crippen LogP contribution in [0.15, 0.2) is 110 Å². The molecule has 20 rings (SSSR count). The van der Waals surface area contributed by atoms with Gasteiger partial charge in [0.25, 0.3) is 0 Å². The lowest BCUT2D eigenvalue weighted by Gasteiger charge is -2.25. The Balaban J connectivity index is 0.000000114. The van der Waals surface area contributed by atoms with Gasteiger partial charge >= 0.3 is 0 Å². The number of aromatic nitrogens is 10. The maximum absolute atomic E-state index is 14.6. The second-order valence-electron chi connectivity index (χ2n) is 33.7. The number of nitrogens with one attached hydrogen (secondary N) is 2. The third kappa shape index (κ3) is 15.2. The van der Waals surface area contributed by atoms with Gasteiger partial charge in [-0.1, -0.05) is 18.2 Å². The van der Waals surface area contributed by atoms with Crippen LogP contribution in [0.4, 0.5) is 23.2 Å². The van der Waals surface area contributed by atoms with Gasteiger partial charge in [-0.2, -0.15) is 0 Å². The number of pyridine rings is 2. The Hall–Kier alpha value is -10.2. The van der Waals surface area contributed by atoms with Gasteiger partial charge in [0.2, 0.25) is 0 Å². The number of aryl methyl sites for hydroxylation is 8. The summed E-state index contributed by atoms with van der Waals surface area (Å²) in [6.45, 7) is 16.3. The number of anilines is 1. The summed E-state index contributed by atoms with van der Waals surface area (Å²) in [5, 5.41) is 95.3. The maximum Gasteiger partial charge on any atom is 0.152 e. The molecule has 0 spiro atoms. The second-order valence-corrected chi connectivity index (χ2v) is 33.7. The topological polar surface area (TPSA) is 346 Å². The molecule has 8 aromatic heterocycles. The number of nitrogen functional groups attached to an aromatic ring is 1. The van der Waals surface area contributed by atoms with E-state index in [0.29, 0.717) is 84.5 Å². The molecule has 25 nitrogen and oxygen atoms in total. The molecule has 12 N–H and O–H groups in total. The average Bonchev–Trinajstić information content (AvgIpc) is 1.61. The molecule has 29 heteroatoms. The Bertz CT molecular complexity index is 5860. The lowest BCUT2D eigenvalue weighted by Crippen LogP contribution is -2.35. The summed E-state index contributed by atoms with van der Waals surface area (Å²) in [7, 11) is 0. The molecule has 4 fully saturated rings. The summed E-state index contributed by atoms with van der Waals surface area (Å²) >= 11 is 0. The van der Waals surface area contributed by atoms with Crippen molar-refractivity contribution in [2.75, 3.05) is 18.8 Å². The van der Waals surface area contributed by atoms with Crippen molar-refractivity contribution in [2.45, 2.75) is 249 Å². The van der Waals surface area contributed by atoms with Crippen molar-refractivity contribution in [3.63, 3.8) is 0 Å². The van der Waals surface area contributed by atoms with Gasteiger partial charge < -0.3 is 94.4 Å². The minimum atomic E-state index is -1.20. The van der Waals surface area contributed by atoms with Crippen LogP contribution in [0.5, 0.6) is 23.0 Å². The summed E-state index contributed by atoms with van der Waals surface area (Å²) in [5.41, 5.74) is 22.7. The van der Waals surface area contributed by atoms with Gasteiger partial charge in [-0.3, -0.25) is 0 Å². The van der Waals surface area contributed by atoms with Crippen molar-refractivity contribution < 1.29 is 77.4 Å². The highest BCUT2D eigenvalue weighted by molar-refractivity contribution is 5.89. The monoisotopic (exact) mass is 1650 g/mol. The molecule has 0 unspecified atom stereocenters. The summed E-state index contributed by atoms with van der Waals surface area (Å²) < 4.78 is 89.7. The molecule has 0 amide bonds. The van der Waals surface area contributed by atoms with Gasteiger partial charge in [0.1, 0.15) is 143 Å². The number of rotatable bonds is 12. The first-order valence-corrected chi connectivity index (χ1v) is 41.8. The van der Waals surface area contributed by atoms with Crippen molar-refractivity contribution in [1.82, 2.24) is 58.8 Å². The molecule has 12 aromatic rings. The highest BCUT2D eigenvalue weighted by Crippen LogP contribution is 2.46. The number of aliphatic hydroxyl groups excluding tert-OH is 8. The van der Waals surface area contributed by atoms with Crippen LogP contribution in [-0.4, -0.2) is 175 Å². The lowest BCUT2D eigenvalue weighted by molar-refractivity contribution is -0.0167. The smallest absolute Gasteiger partial charge is 0.152 e. The van der Waals surface area contributed by atoms with E-state index in [0.717, 1.165) is 136 Å². The van der Waals surface area contributed by atoms with E-state index in [1.54, 1.807) is 42.2 Å². The summed E-state index contributed by atoms with van der Waals surface area (Å²) in [5.74, 6) is 1.37. The second kappa shape index (κ2) is 33.7. The zero-order valence-corrected chi connectivity index (χ0v) is 68.1. The van der Waals surface area contributed by atoms with Crippen LogP contribution in [0.3, 0.4) is 0 Å². The normalized spacial score (nSPS) is 26.2. The summed E-state index contributed by atoms with van der Waals surface area (Å²) in [6, 6.07) is 16.4. The number of nitrogens with two attached hydrogens (primary N) is 1. The first-order chi connectivity index (χ1) is 57.8. The zero-order chi connectivity index (χ0) is 84.0. The predicted molar refractivity (Wildman–Crippen MR) is 442 cm³/mol. The first-order valence-electron chi connectivity index (χ1n) is 41.8. The summed E-state index contributed by atoms with van der Waals surface area (Å²) in [6.07, 6.45) is 12.9. The molecule has 0 bridgehead atoms. The molecule has 8 aliphatic rings. The van der Waals surface area contributed by atoms with E-state index < -0.39 is 91.1 Å². The van der Waals surface area contributed by atoms with E-state index in [2.05, 4.69) is 65.7 Å². The summed E-state index contributed by atoms with van der Waals surface area (Å²) in [4.78, 5) is 26.0. The fourth-order valence-electron chi connectivity index (χ4n) is 19.9. The Morgan fingerprint density at radius 1 is 0.375 bits per heavy atom. The Morgan fingerprint density at radius 2 is 0.833 bits per heavy atom. The Morgan fingerprint density at radius 3 is 1.40 bits per heavy atom. The predicted octanol–water partition coefficient (Wildman–Crippen LogP) is 10.7. The average molecular weight is 1650 g/mol. The van der Waals surface area contributed by atoms with Crippen LogP contribution in [0.1, 0.15) is 159 Å². The molecule has 120 heavy (non-hydrogen) atoms. The number of fused-ring (bicyclic) bond motifs is 8. The minimum absolute atomic E-state index is 0.183. The molecule has 632 valence electrons. The molecule has 6 aliphatic carbocycles. The van der Waals surface area contributed by atoms with Crippen LogP contribution in [0.25, 0.3) is 44.1 Å². The number of hydrogen-bond acceptors (Lipinski definition) is 21. The van der Waals surface area contributed by atoms with Crippen LogP contribution in [0.2, 0.25) is 0 Å². The van der Waals surface area contributed by atoms with E-state index in [-0.39, 0.29) is 47.0 Å². The zero-order valence-electron chi connectivity index (χ0n) is 68.1. The van der Waals surface area contributed by atoms with E-state index in [1.807, 2.05) is 68.3 Å². The molecule has 4 aromatic carbocycles. The number of hydrogen-bond donors (Lipinski definition) is 11. The van der Waals surface area contributed by atoms with E-state index in [1.165, 1.54) is 76.7 Å². The maximum atomic E-state index is 14.6. The van der Waals surface area contributed by atoms with E-state index >= 15 is 0 Å². The van der Waals surface area contributed by atoms with Gasteiger partial charge in [-0.25, -0.2) is 47.5 Å². The quantitative estimate of drug-likeness (QED) is 0.0506. The largest absolute Gasteiger partial charge is 0.487 e. The van der Waals surface area contributed by atoms with Crippen molar-refractivity contribution in [3.8, 4) is 23.0 Å². The molecular weight excluding hydrogens is 1540 g/mol. The first kappa shape index (κ1) is 82.1. The van der Waals surface area contributed by atoms with Gasteiger partial charge in [0.05, 0.1) is 46.3 Å². The lowest BCUT2D eigenvalue weighted by atomic mass is 9.89. The standard InChI is InChI=1S/C24H29N3O3.C23H26FN3O3.C22H24F2N4O3.C22H24FN3O3/c1-13-8-16-6-4-5-7-17(16)19(9-13)30-20-10-18(22(28)23(20)29)27-11-14(2)21-15(3)25-12-26-24(21)27;1-12-10-27(23-20(12)13(2)25-11-26-23)17-9-19(22(29)21(17)28)30-18-8-7-16(24)14-5-3-4-6-15(14)18;1-10-6-16(12-8-26-4-2-11(12)19(10)24)31-17-7-15(20(29)21(17)30)28-9-13(23)18-14(25)3-5-27-22(18)28;1-12-5-8-25-22-19(12)15(23)11-26(22)16-9-18(21(28)20(16)27)29-17-4-2-3-13-6-7-24-10-14(13)17/h8-9,11-12,18,20,22-23,28-29H,4-7,10H2,1-3H3;7-8,10-11,17,19,21-22,28-29H,3-6,9H2,1-2H3;3,5-6,9,15,17,20-21,26,29-30H,2,4,7-8H2,1H3,(H2,25,27);2-5,8,11,16,18,20-21,24,27-28H,6-7,9-10H2,1H3/t18-,20+,22+,23-;17-,19+,21+,22-;15-,17+,20+,21-;16-,18+,20+,21-/m1111/s1. The van der Waals surface area contributed by atoms with Crippen molar-refractivity contribution in [2.24, 2.45) is 0 Å². The minimum Gasteiger partial charge on any atom is -0.487 e. The fraction of sp³-hybridized carbons (Fsp3) is 0.451. The SMILES string of the molecule is Cc1cc(O[C@H]2C[C@@H](n3cc(F)c4c(N)ccnc43)[C@H](O)[C@@H]2O)c2c(c1F)CCNC2.Cc1cc2c(c(O[C@H]3C[C@@H](n4cc(C)c5c(C)ncnc54)[C@H](O)[C@@H]3O)c1)CCCC2.Cc1ccnc2c1c(F)cn2[C@@H]1C[C@H](Oc2cccc3c2CNCC3)[C@@H](O)[C@H]1O.Cc1cn([C@@H]2C[C@H](Oc3ccc(F)c4c3CCCC4)[C@@H](O)[C@H]2O)c2ncnc(C)c12. The Kier molecular flexibility index (Phi) is 23.1. The molecule has 16 atom stereocenters. The fourth-order valence-corrected chi connectivity index (χ4v) is 19.9. The molecule has 4 saturated carbocycles. The molecule has 0 radical (unpaired) electrons. The van der Waals surface area contributed by atoms with Gasteiger partial charge in [0, 0.05) is 109 Å². The van der Waals surface area contributed by atoms with Crippen molar-refractivity contribution >= 4 is 49.8 Å². The van der Waals surface area contributed by atoms with Crippen LogP contribution < -0.4 is 35.3 Å². The highest BCUT2D eigenvalue weighted by atomic mass is 19.1. The van der Waals surface area contributed by atoms with Crippen LogP contribution in [0, 0.1) is 71.7 Å². The molecule has 2 aliphatic heterocycles. The van der Waals surface area contributed by atoms with E-state index in [9.17, 15) is 58.4 Å². The number of ether oxygens (including phenoxy) is 4. The number of aliphatic hydroxyl groups is 8. The van der Waals surface area contributed by atoms with Gasteiger partial charge in [-0.05, 0) is 224 Å². The number of halogens is 4. The Labute approximate surface area is 690 Å². The molecule has 10 heterocycles. The van der Waals surface area contributed by atoms with Crippen LogP contribution >= 0.6 is 0 Å². The third-order valence-corrected chi connectivity index (χ3v) is 26.1. The molecular formula is C91H103F4N13O12. The highest BCUT2D eigenvalue weighted by Gasteiger charge is 2.49. The molecule has 0 saturated heterocycles. The third-order valence-electron chi connectivity index (χ3n) is 26.1. The van der Waals surface area contributed by atoms with Crippen LogP contribution in [-0.2, 0) is 51.6 Å². The van der Waals surface area contributed by atoms with E-state index in [4.69, 9.17) is 24.7 Å². The van der Waals surface area contributed by atoms with Gasteiger partial charge in [0.15, 0.2) is 11.6 Å². The van der Waals surface area contributed by atoms with Crippen molar-refractivity contribution in [3.05, 3.63) is 217 Å².